The van der Waals surface area contributed by atoms with Gasteiger partial charge < -0.3 is 10.5 Å². The number of rotatable bonds is 3. The quantitative estimate of drug-likeness (QED) is 0.874. The molecular weight excluding hydrogens is 223 g/mol. The van der Waals surface area contributed by atoms with E-state index in [1.54, 1.807) is 17.0 Å². The van der Waals surface area contributed by atoms with Crippen LogP contribution in [0.3, 0.4) is 0 Å². The summed E-state index contributed by atoms with van der Waals surface area (Å²) in [6.45, 7) is 2.68. The molecule has 2 N–H and O–H groups in total. The van der Waals surface area contributed by atoms with Crippen molar-refractivity contribution in [1.29, 1.82) is 0 Å². The monoisotopic (exact) mass is 238 g/mol. The van der Waals surface area contributed by atoms with E-state index in [0.717, 1.165) is 0 Å². The minimum atomic E-state index is -0.455. The second-order valence-electron chi connectivity index (χ2n) is 4.40. The Morgan fingerprint density at radius 2 is 2.12 bits per heavy atom. The first-order valence-corrected chi connectivity index (χ1v) is 5.49. The molecule has 1 unspecified atom stereocenters. The lowest BCUT2D eigenvalue weighted by molar-refractivity contribution is 0.173. The number of halogens is 1. The van der Waals surface area contributed by atoms with E-state index in [9.17, 15) is 9.18 Å². The van der Waals surface area contributed by atoms with Gasteiger partial charge in [0, 0.05) is 5.69 Å². The number of hydrogen-bond acceptors (Lipinski definition) is 3. The van der Waals surface area contributed by atoms with Gasteiger partial charge in [0.25, 0.3) is 0 Å². The number of nitrogens with zero attached hydrogens (tertiary/aromatic N) is 1. The van der Waals surface area contributed by atoms with Gasteiger partial charge in [0.2, 0.25) is 0 Å². The summed E-state index contributed by atoms with van der Waals surface area (Å²) in [5.41, 5.74) is 5.72. The number of benzene rings is 1. The molecule has 0 spiro atoms. The number of amides is 1. The molecular formula is C12H15FN2O2. The van der Waals surface area contributed by atoms with Crippen LogP contribution in [0.1, 0.15) is 13.3 Å². The lowest BCUT2D eigenvalue weighted by atomic mass is 9.97. The summed E-state index contributed by atoms with van der Waals surface area (Å²) in [5, 5.41) is 0. The Hall–Kier alpha value is -1.62. The fourth-order valence-electron chi connectivity index (χ4n) is 2.07. The Balaban J connectivity index is 2.33. The molecule has 1 aliphatic rings. The normalized spacial score (nSPS) is 23.9. The summed E-state index contributed by atoms with van der Waals surface area (Å²) in [6, 6.07) is 5.78. The third kappa shape index (κ3) is 2.10. The number of ether oxygens (including phenoxy) is 1. The molecule has 0 bridgehead atoms. The molecule has 17 heavy (non-hydrogen) atoms. The molecule has 1 aliphatic heterocycles. The smallest absolute Gasteiger partial charge is 0.415 e. The molecule has 1 fully saturated rings. The van der Waals surface area contributed by atoms with Crippen molar-refractivity contribution >= 4 is 11.8 Å². The van der Waals surface area contributed by atoms with Crippen molar-refractivity contribution in [3.8, 4) is 0 Å². The molecule has 0 aromatic heterocycles. The molecule has 0 saturated carbocycles. The van der Waals surface area contributed by atoms with Gasteiger partial charge in [0.1, 0.15) is 12.4 Å². The van der Waals surface area contributed by atoms with E-state index in [4.69, 9.17) is 10.5 Å². The van der Waals surface area contributed by atoms with Crippen molar-refractivity contribution in [2.75, 3.05) is 18.1 Å². The number of cyclic esters (lactones) is 1. The largest absolute Gasteiger partial charge is 0.447 e. The lowest BCUT2D eigenvalue weighted by Crippen LogP contribution is -2.46. The Kier molecular flexibility index (Phi) is 3.02. The number of carbonyl (C=O) groups is 1. The maximum Gasteiger partial charge on any atom is 0.415 e. The van der Waals surface area contributed by atoms with Crippen LogP contribution in [0.25, 0.3) is 0 Å². The van der Waals surface area contributed by atoms with E-state index in [1.165, 1.54) is 12.1 Å². The van der Waals surface area contributed by atoms with Crippen molar-refractivity contribution in [3.05, 3.63) is 30.1 Å². The molecule has 1 amide bonds. The lowest BCUT2D eigenvalue weighted by Gasteiger charge is -2.31. The van der Waals surface area contributed by atoms with Crippen LogP contribution < -0.4 is 10.6 Å². The van der Waals surface area contributed by atoms with Gasteiger partial charge in [-0.2, -0.15) is 0 Å². The Bertz CT molecular complexity index is 421. The molecule has 4 nitrogen and oxygen atoms in total. The molecule has 1 atom stereocenters. The first-order valence-electron chi connectivity index (χ1n) is 5.49. The van der Waals surface area contributed by atoms with Gasteiger partial charge in [-0.25, -0.2) is 9.18 Å². The molecule has 1 heterocycles. The highest BCUT2D eigenvalue weighted by Gasteiger charge is 2.43. The second-order valence-corrected chi connectivity index (χ2v) is 4.40. The summed E-state index contributed by atoms with van der Waals surface area (Å²) >= 11 is 0. The van der Waals surface area contributed by atoms with Crippen LogP contribution in [0.4, 0.5) is 14.9 Å². The molecule has 0 aliphatic carbocycles. The van der Waals surface area contributed by atoms with E-state index in [2.05, 4.69) is 0 Å². The average Bonchev–Trinajstić information content (AvgIpc) is 2.57. The van der Waals surface area contributed by atoms with E-state index in [1.807, 2.05) is 6.92 Å². The molecule has 0 radical (unpaired) electrons. The maximum absolute atomic E-state index is 12.9. The van der Waals surface area contributed by atoms with Crippen LogP contribution in [0.5, 0.6) is 0 Å². The average molecular weight is 238 g/mol. The minimum absolute atomic E-state index is 0.306. The molecule has 5 heteroatoms. The van der Waals surface area contributed by atoms with Crippen LogP contribution in [-0.2, 0) is 4.74 Å². The third-order valence-corrected chi connectivity index (χ3v) is 3.00. The Labute approximate surface area is 99.2 Å². The first kappa shape index (κ1) is 11.9. The maximum atomic E-state index is 12.9. The van der Waals surface area contributed by atoms with Gasteiger partial charge in [-0.05, 0) is 44.2 Å². The third-order valence-electron chi connectivity index (χ3n) is 3.00. The van der Waals surface area contributed by atoms with Crippen molar-refractivity contribution in [3.63, 3.8) is 0 Å². The van der Waals surface area contributed by atoms with Gasteiger partial charge in [0.05, 0.1) is 5.54 Å². The Morgan fingerprint density at radius 1 is 1.47 bits per heavy atom. The summed E-state index contributed by atoms with van der Waals surface area (Å²) in [7, 11) is 0. The summed E-state index contributed by atoms with van der Waals surface area (Å²) in [5.74, 6) is -0.332. The number of hydrogen-bond donors (Lipinski definition) is 1. The van der Waals surface area contributed by atoms with Crippen molar-refractivity contribution in [2.45, 2.75) is 18.9 Å². The molecule has 92 valence electrons. The highest BCUT2D eigenvalue weighted by Crippen LogP contribution is 2.32. The topological polar surface area (TPSA) is 55.6 Å². The second kappa shape index (κ2) is 4.33. The Morgan fingerprint density at radius 3 is 2.71 bits per heavy atom. The van der Waals surface area contributed by atoms with E-state index in [-0.39, 0.29) is 5.82 Å². The van der Waals surface area contributed by atoms with Crippen LogP contribution in [0, 0.1) is 5.82 Å². The zero-order chi connectivity index (χ0) is 12.5. The molecule has 1 aromatic carbocycles. The predicted molar refractivity (Wildman–Crippen MR) is 62.3 cm³/mol. The van der Waals surface area contributed by atoms with E-state index >= 15 is 0 Å². The van der Waals surface area contributed by atoms with Gasteiger partial charge >= 0.3 is 6.09 Å². The van der Waals surface area contributed by atoms with E-state index < -0.39 is 11.6 Å². The standard InChI is InChI=1S/C12H15FN2O2/c1-12(6-7-14)8-17-11(16)15(12)10-4-2-9(13)3-5-10/h2-5H,6-8,14H2,1H3. The first-order chi connectivity index (χ1) is 8.07. The van der Waals surface area contributed by atoms with Crippen LogP contribution in [0.2, 0.25) is 0 Å². The molecule has 1 saturated heterocycles. The van der Waals surface area contributed by atoms with Gasteiger partial charge in [0.15, 0.2) is 0 Å². The van der Waals surface area contributed by atoms with Gasteiger partial charge in [-0.3, -0.25) is 4.90 Å². The van der Waals surface area contributed by atoms with Crippen LogP contribution in [-0.4, -0.2) is 24.8 Å². The number of nitrogens with two attached hydrogens (primary N) is 1. The van der Waals surface area contributed by atoms with E-state index in [0.29, 0.717) is 25.3 Å². The fraction of sp³-hybridized carbons (Fsp3) is 0.417. The zero-order valence-electron chi connectivity index (χ0n) is 9.65. The zero-order valence-corrected chi connectivity index (χ0v) is 9.65. The number of carbonyl (C=O) groups excluding carboxylic acids is 1. The number of anilines is 1. The van der Waals surface area contributed by atoms with Gasteiger partial charge in [-0.15, -0.1) is 0 Å². The van der Waals surface area contributed by atoms with Crippen molar-refractivity contribution in [1.82, 2.24) is 0 Å². The van der Waals surface area contributed by atoms with Crippen LogP contribution >= 0.6 is 0 Å². The highest BCUT2D eigenvalue weighted by molar-refractivity contribution is 5.91. The van der Waals surface area contributed by atoms with Crippen molar-refractivity contribution < 1.29 is 13.9 Å². The SMILES string of the molecule is CC1(CCN)COC(=O)N1c1ccc(F)cc1. The van der Waals surface area contributed by atoms with Gasteiger partial charge in [-0.1, -0.05) is 0 Å². The minimum Gasteiger partial charge on any atom is -0.447 e. The molecule has 1 aromatic rings. The fourth-order valence-corrected chi connectivity index (χ4v) is 2.07. The summed E-state index contributed by atoms with van der Waals surface area (Å²) in [6.07, 6.45) is 0.225. The summed E-state index contributed by atoms with van der Waals surface area (Å²) < 4.78 is 17.9. The molecule has 2 rings (SSSR count). The predicted octanol–water partition coefficient (Wildman–Crippen LogP) is 1.89. The van der Waals surface area contributed by atoms with Crippen LogP contribution in [0.15, 0.2) is 24.3 Å². The van der Waals surface area contributed by atoms with Crippen molar-refractivity contribution in [2.24, 2.45) is 5.73 Å². The summed E-state index contributed by atoms with van der Waals surface area (Å²) in [4.78, 5) is 13.3. The highest BCUT2D eigenvalue weighted by atomic mass is 19.1.